The van der Waals surface area contributed by atoms with Crippen LogP contribution in [0.1, 0.15) is 90.4 Å². The molecule has 10 fully saturated rings. The molecule has 0 amide bonds. The van der Waals surface area contributed by atoms with Gasteiger partial charge in [-0.15, -0.1) is 0 Å². The zero-order valence-corrected chi connectivity index (χ0v) is 30.8. The number of hydrogen-bond donors (Lipinski definition) is 2. The molecular weight excluding hydrogens is 670 g/mol. The summed E-state index contributed by atoms with van der Waals surface area (Å²) in [5, 5.41) is 10.5. The fraction of sp³-hybridized carbons (Fsp3) is 0.875. The van der Waals surface area contributed by atoms with E-state index in [4.69, 9.17) is 48.4 Å². The first-order chi connectivity index (χ1) is 25.1. The summed E-state index contributed by atoms with van der Waals surface area (Å²) in [5.41, 5.74) is 8.01. The molecule has 10 rings (SSSR count). The van der Waals surface area contributed by atoms with E-state index in [-0.39, 0.29) is 122 Å². The zero-order chi connectivity index (χ0) is 35.9. The van der Waals surface area contributed by atoms with E-state index in [2.05, 4.69) is 20.1 Å². The van der Waals surface area contributed by atoms with E-state index in [9.17, 15) is 9.90 Å². The number of carbonyl (C=O) groups excluding carboxylic acids is 1. The van der Waals surface area contributed by atoms with Gasteiger partial charge in [0.05, 0.1) is 67.1 Å². The summed E-state index contributed by atoms with van der Waals surface area (Å²) < 4.78 is 60.0. The highest BCUT2D eigenvalue weighted by Gasteiger charge is 2.68. The summed E-state index contributed by atoms with van der Waals surface area (Å²) in [6.07, 6.45) is 4.85. The molecule has 1 spiro atoms. The number of Topliss-reactive ketones (excluding diaryl/α,β-unsaturated/α-hetero) is 1. The number of rotatable bonds is 4. The summed E-state index contributed by atoms with van der Waals surface area (Å²) in [5.74, 6) is -0.619. The number of ether oxygens (including phenoxy) is 9. The lowest BCUT2D eigenvalue weighted by molar-refractivity contribution is -0.292. The first-order valence-corrected chi connectivity index (χ1v) is 20.2. The third-order valence-corrected chi connectivity index (χ3v) is 14.0. The van der Waals surface area contributed by atoms with Crippen LogP contribution < -0.4 is 5.73 Å². The van der Waals surface area contributed by atoms with E-state index < -0.39 is 18.0 Å². The van der Waals surface area contributed by atoms with Crippen molar-refractivity contribution in [2.45, 2.75) is 194 Å². The summed E-state index contributed by atoms with van der Waals surface area (Å²) in [7, 11) is 1.66. The second-order valence-electron chi connectivity index (χ2n) is 17.4. The van der Waals surface area contributed by atoms with Crippen LogP contribution in [0.4, 0.5) is 0 Å². The number of hydrogen-bond acceptors (Lipinski definition) is 12. The van der Waals surface area contributed by atoms with Gasteiger partial charge in [0.25, 0.3) is 0 Å². The van der Waals surface area contributed by atoms with Crippen LogP contribution in [-0.4, -0.2) is 128 Å². The maximum absolute atomic E-state index is 14.1. The van der Waals surface area contributed by atoms with Gasteiger partial charge in [-0.05, 0) is 62.0 Å². The van der Waals surface area contributed by atoms with Crippen LogP contribution in [-0.2, 0) is 47.4 Å². The molecule has 0 aliphatic carbocycles. The van der Waals surface area contributed by atoms with Gasteiger partial charge >= 0.3 is 0 Å². The van der Waals surface area contributed by atoms with Gasteiger partial charge in [0.2, 0.25) is 0 Å². The van der Waals surface area contributed by atoms with Crippen molar-refractivity contribution in [3.05, 3.63) is 24.3 Å². The fourth-order valence-corrected chi connectivity index (χ4v) is 11.3. The Hall–Kier alpha value is -1.29. The molecule has 0 aromatic carbocycles. The molecule has 0 radical (unpaired) electrons. The van der Waals surface area contributed by atoms with Gasteiger partial charge in [0.15, 0.2) is 5.79 Å². The van der Waals surface area contributed by atoms with Crippen LogP contribution in [0.25, 0.3) is 0 Å². The van der Waals surface area contributed by atoms with Gasteiger partial charge in [-0.2, -0.15) is 0 Å². The maximum atomic E-state index is 14.1. The molecule has 1 unspecified atom stereocenters. The minimum absolute atomic E-state index is 0.0158. The Balaban J connectivity index is 0.994. The summed E-state index contributed by atoms with van der Waals surface area (Å²) in [6.45, 7) is 11.3. The average molecular weight is 730 g/mol. The highest BCUT2D eigenvalue weighted by atomic mass is 16.8. The largest absolute Gasteiger partial charge is 0.392 e. The standard InChI is InChI=1S/C40H59NO11/c1-19-11-24-5-7-28-20(2)12-26(45-28)9-10-40-17-33-36(51-40)37-38(50-33)39(52-40)35-29(49-37)8-6-25(47-35)13-22(42)14-27-31(16-30(46-24)21(19)3)48-32(34(27)44-4)15-23(43)18-41/h19,23-39,43H,2-3,5-18,41H2,1,4H3/t19-,23+,24-,25-,26+,27+,28+,29+,30-,31+,32-,33-,34-,35+,36-,37+,38-,39+,40?/m1/s1. The van der Waals surface area contributed by atoms with Gasteiger partial charge in [-0.3, -0.25) is 4.79 Å². The second-order valence-corrected chi connectivity index (χ2v) is 17.4. The van der Waals surface area contributed by atoms with Crippen LogP contribution >= 0.6 is 0 Å². The summed E-state index contributed by atoms with van der Waals surface area (Å²) in [4.78, 5) is 14.1. The fourth-order valence-electron chi connectivity index (χ4n) is 11.3. The van der Waals surface area contributed by atoms with Crippen molar-refractivity contribution in [1.29, 1.82) is 0 Å². The van der Waals surface area contributed by atoms with Gasteiger partial charge in [-0.1, -0.05) is 20.1 Å². The molecule has 52 heavy (non-hydrogen) atoms. The van der Waals surface area contributed by atoms with Crippen LogP contribution in [0.3, 0.4) is 0 Å². The van der Waals surface area contributed by atoms with Crippen molar-refractivity contribution in [1.82, 2.24) is 0 Å². The first-order valence-electron chi connectivity index (χ1n) is 20.2. The Bertz CT molecular complexity index is 1380. The van der Waals surface area contributed by atoms with Gasteiger partial charge in [0.1, 0.15) is 36.3 Å². The molecule has 0 saturated carbocycles. The third kappa shape index (κ3) is 6.59. The molecular formula is C40H59NO11. The van der Waals surface area contributed by atoms with Crippen molar-refractivity contribution in [2.75, 3.05) is 13.7 Å². The van der Waals surface area contributed by atoms with Crippen molar-refractivity contribution < 1.29 is 52.5 Å². The predicted molar refractivity (Wildman–Crippen MR) is 186 cm³/mol. The van der Waals surface area contributed by atoms with Crippen molar-refractivity contribution >= 4 is 5.78 Å². The molecule has 12 bridgehead atoms. The number of methoxy groups -OCH3 is 1. The Morgan fingerprint density at radius 1 is 0.808 bits per heavy atom. The molecule has 3 N–H and O–H groups in total. The van der Waals surface area contributed by atoms with Gasteiger partial charge in [0, 0.05) is 58.1 Å². The smallest absolute Gasteiger partial charge is 0.172 e. The number of aliphatic hydroxyl groups excluding tert-OH is 1. The Labute approximate surface area is 307 Å². The van der Waals surface area contributed by atoms with Crippen LogP contribution in [0, 0.1) is 11.8 Å². The lowest BCUT2D eigenvalue weighted by atomic mass is 9.81. The minimum atomic E-state index is -0.780. The number of ketones is 1. The topological polar surface area (TPSA) is 146 Å². The van der Waals surface area contributed by atoms with E-state index in [1.807, 2.05) is 0 Å². The van der Waals surface area contributed by atoms with Crippen molar-refractivity contribution in [2.24, 2.45) is 17.6 Å². The molecule has 12 heteroatoms. The second kappa shape index (κ2) is 14.3. The molecule has 10 saturated heterocycles. The lowest BCUT2D eigenvalue weighted by Crippen LogP contribution is -2.61. The molecule has 290 valence electrons. The highest BCUT2D eigenvalue weighted by Crippen LogP contribution is 2.54. The van der Waals surface area contributed by atoms with E-state index in [0.29, 0.717) is 25.7 Å². The Morgan fingerprint density at radius 3 is 2.38 bits per heavy atom. The van der Waals surface area contributed by atoms with Crippen molar-refractivity contribution in [3.8, 4) is 0 Å². The zero-order valence-electron chi connectivity index (χ0n) is 30.8. The van der Waals surface area contributed by atoms with Crippen molar-refractivity contribution in [3.63, 3.8) is 0 Å². The molecule has 10 heterocycles. The molecule has 19 atom stereocenters. The Kier molecular flexibility index (Phi) is 10.0. The average Bonchev–Trinajstić information content (AvgIpc) is 3.79. The van der Waals surface area contributed by atoms with E-state index in [0.717, 1.165) is 56.1 Å². The SMILES string of the molecule is C=C1C[C@@H]2CCC34C[C@H]5O[C@H]6[C@@H](O3)[C@H]3O[C@H](CC[C@@H]3O[C@H]6[C@@H]5O4)CC(=O)C[C@@H]3[C@@H](OC)[C@@H](C[C@H](O)CN)O[C@H]3C[C@H]3O[C@H](CC[C@@H]1O2)C[C@@H](C)C3=C. The van der Waals surface area contributed by atoms with Gasteiger partial charge < -0.3 is 53.5 Å². The highest BCUT2D eigenvalue weighted by molar-refractivity contribution is 5.79. The predicted octanol–water partition coefficient (Wildman–Crippen LogP) is 3.44. The quantitative estimate of drug-likeness (QED) is 0.409. The van der Waals surface area contributed by atoms with E-state index >= 15 is 0 Å². The van der Waals surface area contributed by atoms with E-state index in [1.54, 1.807) is 7.11 Å². The monoisotopic (exact) mass is 729 g/mol. The summed E-state index contributed by atoms with van der Waals surface area (Å²) in [6, 6.07) is 0. The molecule has 12 nitrogen and oxygen atoms in total. The summed E-state index contributed by atoms with van der Waals surface area (Å²) >= 11 is 0. The maximum Gasteiger partial charge on any atom is 0.172 e. The first kappa shape index (κ1) is 36.4. The molecule has 0 aromatic heterocycles. The van der Waals surface area contributed by atoms with Crippen LogP contribution in [0.5, 0.6) is 0 Å². The molecule has 10 aliphatic rings. The minimum Gasteiger partial charge on any atom is -0.392 e. The number of carbonyl (C=O) groups is 1. The van der Waals surface area contributed by atoms with Crippen LogP contribution in [0.15, 0.2) is 24.3 Å². The Morgan fingerprint density at radius 2 is 1.56 bits per heavy atom. The van der Waals surface area contributed by atoms with Gasteiger partial charge in [-0.25, -0.2) is 0 Å². The van der Waals surface area contributed by atoms with E-state index in [1.165, 1.54) is 0 Å². The molecule has 0 aromatic rings. The lowest BCUT2D eigenvalue weighted by Gasteiger charge is -2.47. The number of fused-ring (bicyclic) bond motifs is 6. The third-order valence-electron chi connectivity index (χ3n) is 14.0. The molecule has 10 aliphatic heterocycles. The number of nitrogens with two attached hydrogens (primary N) is 1. The number of aliphatic hydroxyl groups is 1. The normalized spacial score (nSPS) is 52.4. The van der Waals surface area contributed by atoms with Crippen LogP contribution in [0.2, 0.25) is 0 Å².